The molecule has 0 spiro atoms. The largest absolute Gasteiger partial charge is 0.342 e. The smallest absolute Gasteiger partial charge is 0.235 e. The Labute approximate surface area is 167 Å². The number of nitrogens with one attached hydrogen (secondary N) is 1. The van der Waals surface area contributed by atoms with E-state index in [1.54, 1.807) is 17.5 Å². The Hall–Kier alpha value is -2.58. The zero-order valence-electron chi connectivity index (χ0n) is 15.7. The maximum atomic E-state index is 12.7. The van der Waals surface area contributed by atoms with Crippen LogP contribution in [0.15, 0.2) is 46.4 Å². The monoisotopic (exact) mass is 397 g/mol. The van der Waals surface area contributed by atoms with Gasteiger partial charge in [-0.15, -0.1) is 11.3 Å². The van der Waals surface area contributed by atoms with Gasteiger partial charge in [-0.2, -0.15) is 4.98 Å². The van der Waals surface area contributed by atoms with E-state index >= 15 is 0 Å². The van der Waals surface area contributed by atoms with E-state index in [2.05, 4.69) is 25.3 Å². The van der Waals surface area contributed by atoms with Crippen LogP contribution >= 0.6 is 11.3 Å². The van der Waals surface area contributed by atoms with Crippen LogP contribution in [-0.2, 0) is 4.79 Å². The van der Waals surface area contributed by atoms with Crippen LogP contribution in [0.4, 0.5) is 0 Å². The van der Waals surface area contributed by atoms with Gasteiger partial charge in [-0.05, 0) is 38.4 Å². The van der Waals surface area contributed by atoms with Crippen LogP contribution in [0.1, 0.15) is 47.1 Å². The number of hydrogen-bond acceptors (Lipinski definition) is 7. The van der Waals surface area contributed by atoms with Crippen LogP contribution in [0.2, 0.25) is 0 Å². The average molecular weight is 398 g/mol. The fourth-order valence-corrected chi connectivity index (χ4v) is 4.25. The highest BCUT2D eigenvalue weighted by Gasteiger charge is 2.27. The molecule has 8 heteroatoms. The quantitative estimate of drug-likeness (QED) is 0.688. The van der Waals surface area contributed by atoms with Gasteiger partial charge in [0.1, 0.15) is 11.0 Å². The first-order valence-corrected chi connectivity index (χ1v) is 10.3. The summed E-state index contributed by atoms with van der Waals surface area (Å²) < 4.78 is 5.30. The summed E-state index contributed by atoms with van der Waals surface area (Å²) in [5, 5.41) is 9.86. The summed E-state index contributed by atoms with van der Waals surface area (Å²) in [6, 6.07) is 9.75. The Morgan fingerprint density at radius 3 is 2.75 bits per heavy atom. The van der Waals surface area contributed by atoms with Crippen molar-refractivity contribution >= 4 is 17.2 Å². The molecular formula is C20H23N5O2S. The Kier molecular flexibility index (Phi) is 5.78. The molecule has 28 heavy (non-hydrogen) atoms. The Morgan fingerprint density at radius 1 is 1.32 bits per heavy atom. The van der Waals surface area contributed by atoms with Crippen LogP contribution in [0.25, 0.3) is 0 Å². The van der Waals surface area contributed by atoms with Crippen molar-refractivity contribution in [3.63, 3.8) is 0 Å². The third-order valence-electron chi connectivity index (χ3n) is 4.98. The number of aryl methyl sites for hydroxylation is 1. The number of carbonyl (C=O) groups excluding carboxylic acids is 1. The fourth-order valence-electron chi connectivity index (χ4n) is 3.54. The number of aromatic nitrogens is 3. The number of piperidine rings is 1. The lowest BCUT2D eigenvalue weighted by Crippen LogP contribution is -2.42. The average Bonchev–Trinajstić information content (AvgIpc) is 3.39. The highest BCUT2D eigenvalue weighted by Crippen LogP contribution is 2.27. The molecule has 0 bridgehead atoms. The summed E-state index contributed by atoms with van der Waals surface area (Å²) >= 11 is 1.55. The van der Waals surface area contributed by atoms with E-state index in [4.69, 9.17) is 4.52 Å². The number of amides is 1. The number of carbonyl (C=O) groups is 1. The first-order chi connectivity index (χ1) is 13.7. The topological polar surface area (TPSA) is 84.2 Å². The fraction of sp³-hybridized carbons (Fsp3) is 0.400. The highest BCUT2D eigenvalue weighted by atomic mass is 32.1. The van der Waals surface area contributed by atoms with Gasteiger partial charge in [-0.3, -0.25) is 9.69 Å². The second-order valence-corrected chi connectivity index (χ2v) is 7.94. The molecule has 1 saturated heterocycles. The summed E-state index contributed by atoms with van der Waals surface area (Å²) in [7, 11) is 0. The van der Waals surface area contributed by atoms with Crippen LogP contribution in [0, 0.1) is 6.92 Å². The van der Waals surface area contributed by atoms with Crippen LogP contribution < -0.4 is 5.32 Å². The van der Waals surface area contributed by atoms with Crippen molar-refractivity contribution in [2.24, 2.45) is 0 Å². The van der Waals surface area contributed by atoms with Gasteiger partial charge in [0, 0.05) is 17.5 Å². The molecule has 1 aliphatic heterocycles. The minimum Gasteiger partial charge on any atom is -0.342 e. The zero-order chi connectivity index (χ0) is 19.3. The van der Waals surface area contributed by atoms with Crippen molar-refractivity contribution in [1.82, 2.24) is 25.3 Å². The molecule has 1 unspecified atom stereocenters. The van der Waals surface area contributed by atoms with Gasteiger partial charge in [0.25, 0.3) is 0 Å². The number of thiazole rings is 1. The molecule has 3 heterocycles. The van der Waals surface area contributed by atoms with Crippen molar-refractivity contribution in [3.05, 3.63) is 64.2 Å². The number of rotatable bonds is 6. The summed E-state index contributed by atoms with van der Waals surface area (Å²) in [6.45, 7) is 3.89. The summed E-state index contributed by atoms with van der Waals surface area (Å²) in [5.74, 6) is 1.68. The predicted octanol–water partition coefficient (Wildman–Crippen LogP) is 2.92. The molecule has 3 aromatic rings. The van der Waals surface area contributed by atoms with Crippen LogP contribution in [0.3, 0.4) is 0 Å². The standard InChI is InChI=1S/C20H23N5O2S/c1-14-22-19(27-24-14)16-7-10-25(11-8-16)13-17(26)23-18(20-21-9-12-28-20)15-5-3-2-4-6-15/h2-6,9,12,16,18H,7-8,10-11,13H2,1H3,(H,23,26). The molecule has 1 N–H and O–H groups in total. The lowest BCUT2D eigenvalue weighted by Gasteiger charge is -2.30. The van der Waals surface area contributed by atoms with Crippen molar-refractivity contribution in [2.45, 2.75) is 31.7 Å². The van der Waals surface area contributed by atoms with E-state index in [-0.39, 0.29) is 17.9 Å². The molecule has 0 saturated carbocycles. The molecule has 1 aliphatic rings. The minimum absolute atomic E-state index is 0.0103. The van der Waals surface area contributed by atoms with E-state index in [1.807, 2.05) is 42.6 Å². The lowest BCUT2D eigenvalue weighted by atomic mass is 9.97. The summed E-state index contributed by atoms with van der Waals surface area (Å²) in [6.07, 6.45) is 3.61. The second-order valence-electron chi connectivity index (χ2n) is 7.01. The van der Waals surface area contributed by atoms with Crippen molar-refractivity contribution in [2.75, 3.05) is 19.6 Å². The number of benzene rings is 1. The molecule has 1 fully saturated rings. The predicted molar refractivity (Wildman–Crippen MR) is 106 cm³/mol. The first kappa shape index (κ1) is 18.8. The van der Waals surface area contributed by atoms with Gasteiger partial charge in [-0.1, -0.05) is 35.5 Å². The van der Waals surface area contributed by atoms with Gasteiger partial charge >= 0.3 is 0 Å². The van der Waals surface area contributed by atoms with E-state index in [1.165, 1.54) is 0 Å². The Balaban J connectivity index is 1.34. The molecule has 2 aromatic heterocycles. The van der Waals surface area contributed by atoms with Crippen molar-refractivity contribution < 1.29 is 9.32 Å². The maximum Gasteiger partial charge on any atom is 0.235 e. The molecule has 7 nitrogen and oxygen atoms in total. The molecule has 1 aromatic carbocycles. The second kappa shape index (κ2) is 8.62. The zero-order valence-corrected chi connectivity index (χ0v) is 16.6. The number of likely N-dealkylation sites (tertiary alicyclic amines) is 1. The molecule has 4 rings (SSSR count). The lowest BCUT2D eigenvalue weighted by molar-refractivity contribution is -0.123. The van der Waals surface area contributed by atoms with Gasteiger partial charge in [0.2, 0.25) is 11.8 Å². The normalized spacial score (nSPS) is 16.8. The Morgan fingerprint density at radius 2 is 2.11 bits per heavy atom. The van der Waals surface area contributed by atoms with Gasteiger partial charge in [-0.25, -0.2) is 4.98 Å². The molecule has 146 valence electrons. The van der Waals surface area contributed by atoms with E-state index in [9.17, 15) is 4.79 Å². The van der Waals surface area contributed by atoms with Gasteiger partial charge in [0.05, 0.1) is 6.54 Å². The maximum absolute atomic E-state index is 12.7. The van der Waals surface area contributed by atoms with Crippen LogP contribution in [-0.4, -0.2) is 45.6 Å². The number of nitrogens with zero attached hydrogens (tertiary/aromatic N) is 4. The highest BCUT2D eigenvalue weighted by molar-refractivity contribution is 7.09. The van der Waals surface area contributed by atoms with E-state index in [0.717, 1.165) is 42.4 Å². The Bertz CT molecular complexity index is 888. The van der Waals surface area contributed by atoms with Gasteiger partial charge < -0.3 is 9.84 Å². The minimum atomic E-state index is -0.215. The molecule has 0 aliphatic carbocycles. The molecule has 1 atom stereocenters. The van der Waals surface area contributed by atoms with E-state index < -0.39 is 0 Å². The van der Waals surface area contributed by atoms with Crippen LogP contribution in [0.5, 0.6) is 0 Å². The molecule has 0 radical (unpaired) electrons. The van der Waals surface area contributed by atoms with Crippen molar-refractivity contribution in [1.29, 1.82) is 0 Å². The summed E-state index contributed by atoms with van der Waals surface area (Å²) in [4.78, 5) is 23.7. The summed E-state index contributed by atoms with van der Waals surface area (Å²) in [5.41, 5.74) is 1.04. The third kappa shape index (κ3) is 4.45. The number of hydrogen-bond donors (Lipinski definition) is 1. The SMILES string of the molecule is Cc1noc(C2CCN(CC(=O)NC(c3ccccc3)c3nccs3)CC2)n1. The molecule has 1 amide bonds. The van der Waals surface area contributed by atoms with Gasteiger partial charge in [0.15, 0.2) is 5.82 Å². The van der Waals surface area contributed by atoms with Crippen molar-refractivity contribution in [3.8, 4) is 0 Å². The molecular weight excluding hydrogens is 374 g/mol. The first-order valence-electron chi connectivity index (χ1n) is 9.45. The van der Waals surface area contributed by atoms with E-state index in [0.29, 0.717) is 12.4 Å². The third-order valence-corrected chi connectivity index (χ3v) is 5.82.